The van der Waals surface area contributed by atoms with E-state index in [0.29, 0.717) is 0 Å². The molecule has 0 bridgehead atoms. The van der Waals surface area contributed by atoms with Crippen molar-refractivity contribution >= 4 is 75.3 Å². The van der Waals surface area contributed by atoms with Crippen LogP contribution in [0.4, 0.5) is 0 Å². The van der Waals surface area contributed by atoms with Crippen LogP contribution in [0.1, 0.15) is 0 Å². The quantitative estimate of drug-likeness (QED) is 0.187. The number of hydrogen-bond acceptors (Lipinski definition) is 3. The van der Waals surface area contributed by atoms with E-state index in [2.05, 4.69) is 168 Å². The Morgan fingerprint density at radius 1 is 0.471 bits per heavy atom. The third-order valence-electron chi connectivity index (χ3n) is 10.2. The van der Waals surface area contributed by atoms with Gasteiger partial charge in [-0.15, -0.1) is 11.3 Å². The number of nitrogens with zero attached hydrogens (tertiary/aromatic N) is 2. The van der Waals surface area contributed by atoms with E-state index >= 15 is 0 Å². The van der Waals surface area contributed by atoms with Crippen LogP contribution in [0.2, 0.25) is 0 Å². The second kappa shape index (κ2) is 11.0. The zero-order valence-corrected chi connectivity index (χ0v) is 28.2. The molecule has 4 heterocycles. The number of pyridine rings is 1. The number of benzene rings is 7. The number of fused-ring (bicyclic) bond motifs is 12. The summed E-state index contributed by atoms with van der Waals surface area (Å²) in [5.74, 6) is 0. The van der Waals surface area contributed by atoms with Gasteiger partial charge in [0.25, 0.3) is 0 Å². The van der Waals surface area contributed by atoms with Crippen LogP contribution >= 0.6 is 11.3 Å². The van der Waals surface area contributed by atoms with E-state index in [9.17, 15) is 0 Å². The normalized spacial score (nSPS) is 11.9. The fourth-order valence-electron chi connectivity index (χ4n) is 7.90. The molecule has 0 N–H and O–H groups in total. The van der Waals surface area contributed by atoms with E-state index in [-0.39, 0.29) is 0 Å². The lowest BCUT2D eigenvalue weighted by Gasteiger charge is -2.12. The minimum Gasteiger partial charge on any atom is -0.454 e. The second-order valence-electron chi connectivity index (χ2n) is 13.1. The molecular weight excluding hydrogens is 641 g/mol. The molecule has 238 valence electrons. The third kappa shape index (κ3) is 4.27. The van der Waals surface area contributed by atoms with Crippen LogP contribution in [0.25, 0.3) is 103 Å². The highest BCUT2D eigenvalue weighted by Crippen LogP contribution is 2.50. The van der Waals surface area contributed by atoms with Crippen LogP contribution < -0.4 is 0 Å². The second-order valence-corrected chi connectivity index (χ2v) is 14.1. The highest BCUT2D eigenvalue weighted by atomic mass is 32.1. The minimum absolute atomic E-state index is 0.905. The maximum atomic E-state index is 6.86. The van der Waals surface area contributed by atoms with Gasteiger partial charge in [0.05, 0.1) is 22.4 Å². The largest absolute Gasteiger partial charge is 0.454 e. The first kappa shape index (κ1) is 28.4. The number of furan rings is 1. The van der Waals surface area contributed by atoms with Crippen LogP contribution in [-0.4, -0.2) is 9.55 Å². The van der Waals surface area contributed by atoms with Gasteiger partial charge in [-0.05, 0) is 53.6 Å². The molecule has 3 nitrogen and oxygen atoms in total. The zero-order chi connectivity index (χ0) is 33.5. The van der Waals surface area contributed by atoms with Crippen molar-refractivity contribution in [2.75, 3.05) is 0 Å². The Bertz CT molecular complexity index is 3060. The third-order valence-corrected chi connectivity index (χ3v) is 11.4. The standard InChI is InChI=1S/C47H28N2OS/c1-3-13-29(14-4-1)32-27-37(30-15-5-2-6-16-30)48-38(28-32)31-23-25-33(26-24-31)49-39-20-10-7-17-34(39)44-45(49)46-42(35-18-8-11-21-40(35)50-46)43-36-19-9-12-22-41(36)51-47(43)44/h1-28H. The van der Waals surface area contributed by atoms with Gasteiger partial charge in [-0.2, -0.15) is 0 Å². The molecule has 0 radical (unpaired) electrons. The summed E-state index contributed by atoms with van der Waals surface area (Å²) in [5, 5.41) is 7.34. The Balaban J connectivity index is 1.17. The summed E-state index contributed by atoms with van der Waals surface area (Å²) < 4.78 is 11.8. The van der Waals surface area contributed by atoms with Crippen LogP contribution in [0.3, 0.4) is 0 Å². The lowest BCUT2D eigenvalue weighted by molar-refractivity contribution is 0.671. The van der Waals surface area contributed by atoms with Crippen LogP contribution in [0.5, 0.6) is 0 Å². The topological polar surface area (TPSA) is 31.0 Å². The molecule has 0 saturated carbocycles. The Kier molecular flexibility index (Phi) is 6.12. The summed E-state index contributed by atoms with van der Waals surface area (Å²) in [4.78, 5) is 5.19. The lowest BCUT2D eigenvalue weighted by atomic mass is 10.00. The average molecular weight is 669 g/mol. The van der Waals surface area contributed by atoms with Crippen molar-refractivity contribution in [2.45, 2.75) is 0 Å². The van der Waals surface area contributed by atoms with Crippen molar-refractivity contribution in [2.24, 2.45) is 0 Å². The van der Waals surface area contributed by atoms with E-state index in [0.717, 1.165) is 61.4 Å². The van der Waals surface area contributed by atoms with Gasteiger partial charge in [-0.1, -0.05) is 127 Å². The van der Waals surface area contributed by atoms with E-state index in [1.165, 1.54) is 41.9 Å². The molecule has 4 aromatic heterocycles. The molecule has 0 unspecified atom stereocenters. The molecule has 11 aromatic rings. The van der Waals surface area contributed by atoms with Gasteiger partial charge in [0, 0.05) is 58.5 Å². The van der Waals surface area contributed by atoms with Gasteiger partial charge in [0.2, 0.25) is 0 Å². The number of thiophene rings is 1. The molecule has 11 rings (SSSR count). The van der Waals surface area contributed by atoms with Gasteiger partial charge in [0.15, 0.2) is 5.58 Å². The Hall–Kier alpha value is -6.49. The number of rotatable bonds is 4. The maximum Gasteiger partial charge on any atom is 0.160 e. The predicted molar refractivity (Wildman–Crippen MR) is 215 cm³/mol. The maximum absolute atomic E-state index is 6.86. The predicted octanol–water partition coefficient (Wildman–Crippen LogP) is 13.4. The molecule has 0 saturated heterocycles. The number of hydrogen-bond donors (Lipinski definition) is 0. The summed E-state index contributed by atoms with van der Waals surface area (Å²) in [6.07, 6.45) is 0. The van der Waals surface area contributed by atoms with E-state index in [4.69, 9.17) is 9.40 Å². The first-order chi connectivity index (χ1) is 25.3. The fourth-order valence-corrected chi connectivity index (χ4v) is 9.17. The Morgan fingerprint density at radius 2 is 1.08 bits per heavy atom. The van der Waals surface area contributed by atoms with E-state index in [1.54, 1.807) is 0 Å². The molecule has 0 atom stereocenters. The van der Waals surface area contributed by atoms with Crippen molar-refractivity contribution in [1.82, 2.24) is 9.55 Å². The van der Waals surface area contributed by atoms with Crippen LogP contribution in [0, 0.1) is 0 Å². The van der Waals surface area contributed by atoms with Crippen molar-refractivity contribution in [3.63, 3.8) is 0 Å². The summed E-state index contributed by atoms with van der Waals surface area (Å²) in [6.45, 7) is 0. The van der Waals surface area contributed by atoms with Gasteiger partial charge in [-0.3, -0.25) is 0 Å². The minimum atomic E-state index is 0.905. The van der Waals surface area contributed by atoms with Gasteiger partial charge in [-0.25, -0.2) is 4.98 Å². The fraction of sp³-hybridized carbons (Fsp3) is 0. The molecule has 4 heteroatoms. The lowest BCUT2D eigenvalue weighted by Crippen LogP contribution is -1.95. The van der Waals surface area contributed by atoms with Crippen LogP contribution in [0.15, 0.2) is 174 Å². The Labute approximate surface area is 297 Å². The Morgan fingerprint density at radius 3 is 1.84 bits per heavy atom. The first-order valence-electron chi connectivity index (χ1n) is 17.2. The SMILES string of the molecule is c1ccc(-c2cc(-c3ccccc3)nc(-c3ccc(-n4c5ccccc5c5c6sc7ccccc7c6c6c7ccccc7oc6c54)cc3)c2)cc1. The average Bonchev–Trinajstić information content (AvgIpc) is 3.88. The smallest absolute Gasteiger partial charge is 0.160 e. The van der Waals surface area contributed by atoms with Crippen molar-refractivity contribution < 1.29 is 4.42 Å². The molecule has 0 spiro atoms. The summed E-state index contributed by atoms with van der Waals surface area (Å²) >= 11 is 1.88. The molecule has 0 fully saturated rings. The number of aromatic nitrogens is 2. The van der Waals surface area contributed by atoms with Gasteiger partial charge < -0.3 is 8.98 Å². The monoisotopic (exact) mass is 668 g/mol. The molecule has 51 heavy (non-hydrogen) atoms. The van der Waals surface area contributed by atoms with Crippen molar-refractivity contribution in [1.29, 1.82) is 0 Å². The van der Waals surface area contributed by atoms with Crippen molar-refractivity contribution in [3.8, 4) is 39.3 Å². The molecule has 7 aromatic carbocycles. The first-order valence-corrected chi connectivity index (χ1v) is 18.0. The van der Waals surface area contributed by atoms with E-state index < -0.39 is 0 Å². The number of para-hydroxylation sites is 2. The van der Waals surface area contributed by atoms with Gasteiger partial charge in [0.1, 0.15) is 5.58 Å². The van der Waals surface area contributed by atoms with Crippen molar-refractivity contribution in [3.05, 3.63) is 170 Å². The highest BCUT2D eigenvalue weighted by molar-refractivity contribution is 7.27. The molecule has 0 aliphatic rings. The summed E-state index contributed by atoms with van der Waals surface area (Å²) in [7, 11) is 0. The van der Waals surface area contributed by atoms with E-state index in [1.807, 2.05) is 17.4 Å². The molecule has 0 amide bonds. The summed E-state index contributed by atoms with van der Waals surface area (Å²) in [5.41, 5.74) is 11.5. The summed E-state index contributed by atoms with van der Waals surface area (Å²) in [6, 6.07) is 60.2. The molecular formula is C47H28N2OS. The molecule has 0 aliphatic carbocycles. The highest BCUT2D eigenvalue weighted by Gasteiger charge is 2.25. The zero-order valence-electron chi connectivity index (χ0n) is 27.4. The van der Waals surface area contributed by atoms with Crippen LogP contribution in [-0.2, 0) is 0 Å². The molecule has 0 aliphatic heterocycles. The van der Waals surface area contributed by atoms with Gasteiger partial charge >= 0.3 is 0 Å².